The minimum Gasteiger partial charge on any atom is -0.348 e. The van der Waals surface area contributed by atoms with Crippen molar-refractivity contribution in [3.8, 4) is 11.3 Å². The number of ether oxygens (including phenoxy) is 2. The van der Waals surface area contributed by atoms with Crippen LogP contribution in [-0.2, 0) is 9.47 Å². The number of halogens is 2. The Morgan fingerprint density at radius 1 is 1.09 bits per heavy atom. The van der Waals surface area contributed by atoms with Crippen LogP contribution in [0.3, 0.4) is 0 Å². The molecular formula is C17H15F2NO2. The number of nitrogens with zero attached hydrogens (tertiary/aromatic N) is 1. The Labute approximate surface area is 127 Å². The quantitative estimate of drug-likeness (QED) is 0.807. The zero-order valence-electron chi connectivity index (χ0n) is 11.8. The van der Waals surface area contributed by atoms with Gasteiger partial charge in [-0.05, 0) is 24.3 Å². The van der Waals surface area contributed by atoms with Gasteiger partial charge in [-0.2, -0.15) is 0 Å². The predicted molar refractivity (Wildman–Crippen MR) is 77.9 cm³/mol. The molecule has 1 aliphatic rings. The maximum absolute atomic E-state index is 13.3. The summed E-state index contributed by atoms with van der Waals surface area (Å²) in [6, 6.07) is 7.24. The van der Waals surface area contributed by atoms with Crippen molar-refractivity contribution in [1.82, 2.24) is 4.98 Å². The SMILES string of the molecule is C=C[C@H]1CO[C@H](c2ccc(-c3ccc(F)c(F)c3)nc2)OC1. The molecule has 1 aromatic heterocycles. The molecule has 0 unspecified atom stereocenters. The molecule has 0 aliphatic carbocycles. The van der Waals surface area contributed by atoms with E-state index in [1.165, 1.54) is 6.07 Å². The lowest BCUT2D eigenvalue weighted by Crippen LogP contribution is -2.25. The van der Waals surface area contributed by atoms with E-state index in [0.29, 0.717) is 24.5 Å². The Kier molecular flexibility index (Phi) is 4.27. The van der Waals surface area contributed by atoms with E-state index in [0.717, 1.165) is 17.7 Å². The van der Waals surface area contributed by atoms with Crippen molar-refractivity contribution in [2.45, 2.75) is 6.29 Å². The first kappa shape index (κ1) is 14.8. The van der Waals surface area contributed by atoms with Crippen molar-refractivity contribution in [3.05, 3.63) is 66.4 Å². The lowest BCUT2D eigenvalue weighted by atomic mass is 10.1. The third-order valence-corrected chi connectivity index (χ3v) is 3.53. The van der Waals surface area contributed by atoms with Gasteiger partial charge in [0.25, 0.3) is 0 Å². The molecule has 2 heterocycles. The van der Waals surface area contributed by atoms with Crippen LogP contribution in [0.25, 0.3) is 11.3 Å². The molecule has 0 N–H and O–H groups in total. The number of aromatic nitrogens is 1. The highest BCUT2D eigenvalue weighted by molar-refractivity contribution is 5.59. The highest BCUT2D eigenvalue weighted by Gasteiger charge is 2.22. The summed E-state index contributed by atoms with van der Waals surface area (Å²) in [5, 5.41) is 0. The second-order valence-corrected chi connectivity index (χ2v) is 5.10. The van der Waals surface area contributed by atoms with Gasteiger partial charge in [0, 0.05) is 23.2 Å². The molecule has 1 aliphatic heterocycles. The van der Waals surface area contributed by atoms with Gasteiger partial charge in [0.2, 0.25) is 0 Å². The molecule has 114 valence electrons. The fraction of sp³-hybridized carbons (Fsp3) is 0.235. The molecule has 0 atom stereocenters. The van der Waals surface area contributed by atoms with E-state index >= 15 is 0 Å². The standard InChI is InChI=1S/C17H15F2NO2/c1-2-11-9-21-17(22-10-11)13-4-6-16(20-8-13)12-3-5-14(18)15(19)7-12/h2-8,11,17H,1,9-10H2/t11-,17-. The molecule has 0 saturated carbocycles. The largest absolute Gasteiger partial charge is 0.348 e. The van der Waals surface area contributed by atoms with E-state index in [4.69, 9.17) is 9.47 Å². The van der Waals surface area contributed by atoms with Gasteiger partial charge in [-0.1, -0.05) is 12.1 Å². The number of hydrogen-bond acceptors (Lipinski definition) is 3. The minimum atomic E-state index is -0.891. The average molecular weight is 303 g/mol. The van der Waals surface area contributed by atoms with Crippen molar-refractivity contribution >= 4 is 0 Å². The zero-order chi connectivity index (χ0) is 15.5. The second-order valence-electron chi connectivity index (χ2n) is 5.10. The lowest BCUT2D eigenvalue weighted by Gasteiger charge is -2.27. The number of hydrogen-bond donors (Lipinski definition) is 0. The molecule has 0 amide bonds. The van der Waals surface area contributed by atoms with Crippen molar-refractivity contribution in [2.24, 2.45) is 5.92 Å². The van der Waals surface area contributed by atoms with E-state index in [1.807, 2.05) is 6.07 Å². The van der Waals surface area contributed by atoms with Gasteiger partial charge in [0.15, 0.2) is 17.9 Å². The summed E-state index contributed by atoms with van der Waals surface area (Å²) < 4.78 is 37.4. The van der Waals surface area contributed by atoms with Gasteiger partial charge in [0.05, 0.1) is 18.9 Å². The van der Waals surface area contributed by atoms with E-state index < -0.39 is 17.9 Å². The second kappa shape index (κ2) is 6.34. The van der Waals surface area contributed by atoms with Crippen LogP contribution in [-0.4, -0.2) is 18.2 Å². The van der Waals surface area contributed by atoms with Gasteiger partial charge >= 0.3 is 0 Å². The monoisotopic (exact) mass is 303 g/mol. The molecule has 0 spiro atoms. The number of rotatable bonds is 3. The maximum Gasteiger partial charge on any atom is 0.185 e. The Hall–Kier alpha value is -2.11. The van der Waals surface area contributed by atoms with E-state index in [-0.39, 0.29) is 5.92 Å². The normalized spacial score (nSPS) is 21.5. The summed E-state index contributed by atoms with van der Waals surface area (Å²) >= 11 is 0. The van der Waals surface area contributed by atoms with Gasteiger partial charge in [0.1, 0.15) is 0 Å². The van der Waals surface area contributed by atoms with Crippen molar-refractivity contribution in [2.75, 3.05) is 13.2 Å². The zero-order valence-corrected chi connectivity index (χ0v) is 11.8. The summed E-state index contributed by atoms with van der Waals surface area (Å²) in [6.07, 6.45) is 2.97. The summed E-state index contributed by atoms with van der Waals surface area (Å²) in [5.74, 6) is -1.57. The molecular weight excluding hydrogens is 288 g/mol. The molecule has 0 bridgehead atoms. The van der Waals surface area contributed by atoms with Crippen LogP contribution in [0.15, 0.2) is 49.2 Å². The van der Waals surface area contributed by atoms with Crippen LogP contribution in [0.1, 0.15) is 11.9 Å². The van der Waals surface area contributed by atoms with Crippen LogP contribution < -0.4 is 0 Å². The first-order chi connectivity index (χ1) is 10.7. The van der Waals surface area contributed by atoms with Crippen molar-refractivity contribution < 1.29 is 18.3 Å². The molecule has 1 fully saturated rings. The Bertz CT molecular complexity index is 665. The highest BCUT2D eigenvalue weighted by Crippen LogP contribution is 2.27. The third-order valence-electron chi connectivity index (χ3n) is 3.53. The van der Waals surface area contributed by atoms with Crippen LogP contribution in [0.4, 0.5) is 8.78 Å². The Morgan fingerprint density at radius 3 is 2.45 bits per heavy atom. The number of pyridine rings is 1. The molecule has 2 aromatic rings. The van der Waals surface area contributed by atoms with Gasteiger partial charge in [-0.15, -0.1) is 6.58 Å². The molecule has 5 heteroatoms. The van der Waals surface area contributed by atoms with Gasteiger partial charge in [-0.25, -0.2) is 8.78 Å². The summed E-state index contributed by atoms with van der Waals surface area (Å²) in [4.78, 5) is 4.26. The third kappa shape index (κ3) is 3.05. The fourth-order valence-corrected chi connectivity index (χ4v) is 2.22. The molecule has 1 aromatic carbocycles. The van der Waals surface area contributed by atoms with Crippen LogP contribution >= 0.6 is 0 Å². The maximum atomic E-state index is 13.3. The van der Waals surface area contributed by atoms with Gasteiger partial charge in [-0.3, -0.25) is 4.98 Å². The van der Waals surface area contributed by atoms with Crippen LogP contribution in [0, 0.1) is 17.6 Å². The van der Waals surface area contributed by atoms with Gasteiger partial charge < -0.3 is 9.47 Å². The molecule has 3 nitrogen and oxygen atoms in total. The fourth-order valence-electron chi connectivity index (χ4n) is 2.22. The Balaban J connectivity index is 1.75. The topological polar surface area (TPSA) is 31.4 Å². The molecule has 22 heavy (non-hydrogen) atoms. The summed E-state index contributed by atoms with van der Waals surface area (Å²) in [5.41, 5.74) is 1.86. The van der Waals surface area contributed by atoms with Crippen LogP contribution in [0.2, 0.25) is 0 Å². The van der Waals surface area contributed by atoms with Crippen molar-refractivity contribution in [3.63, 3.8) is 0 Å². The predicted octanol–water partition coefficient (Wildman–Crippen LogP) is 3.87. The van der Waals surface area contributed by atoms with Crippen molar-refractivity contribution in [1.29, 1.82) is 0 Å². The van der Waals surface area contributed by atoms with E-state index in [9.17, 15) is 8.78 Å². The summed E-state index contributed by atoms with van der Waals surface area (Å²) in [7, 11) is 0. The summed E-state index contributed by atoms with van der Waals surface area (Å²) in [6.45, 7) is 4.82. The highest BCUT2D eigenvalue weighted by atomic mass is 19.2. The van der Waals surface area contributed by atoms with Crippen LogP contribution in [0.5, 0.6) is 0 Å². The average Bonchev–Trinajstić information content (AvgIpc) is 2.58. The Morgan fingerprint density at radius 2 is 1.86 bits per heavy atom. The molecule has 0 radical (unpaired) electrons. The lowest BCUT2D eigenvalue weighted by molar-refractivity contribution is -0.197. The first-order valence-electron chi connectivity index (χ1n) is 6.94. The molecule has 3 rings (SSSR count). The smallest absolute Gasteiger partial charge is 0.185 e. The minimum absolute atomic E-state index is 0.200. The number of benzene rings is 1. The first-order valence-corrected chi connectivity index (χ1v) is 6.94. The van der Waals surface area contributed by atoms with E-state index in [2.05, 4.69) is 11.6 Å². The van der Waals surface area contributed by atoms with E-state index in [1.54, 1.807) is 18.3 Å². The molecule has 1 saturated heterocycles.